The van der Waals surface area contributed by atoms with E-state index in [1.54, 1.807) is 24.3 Å². The number of likely N-dealkylation sites (tertiary alicyclic amines) is 1. The summed E-state index contributed by atoms with van der Waals surface area (Å²) in [4.78, 5) is 28.9. The van der Waals surface area contributed by atoms with Crippen LogP contribution in [0.3, 0.4) is 0 Å². The van der Waals surface area contributed by atoms with Gasteiger partial charge in [-0.1, -0.05) is 0 Å². The van der Waals surface area contributed by atoms with Gasteiger partial charge in [0.2, 0.25) is 5.91 Å². The molecule has 0 radical (unpaired) electrons. The first-order chi connectivity index (χ1) is 13.1. The number of hydrogen-bond donors (Lipinski definition) is 2. The van der Waals surface area contributed by atoms with E-state index in [1.807, 2.05) is 0 Å². The fourth-order valence-electron chi connectivity index (χ4n) is 3.57. The number of morpholine rings is 1. The van der Waals surface area contributed by atoms with Crippen LogP contribution in [0.25, 0.3) is 0 Å². The third-order valence-electron chi connectivity index (χ3n) is 5.29. The second kappa shape index (κ2) is 9.82. The van der Waals surface area contributed by atoms with Gasteiger partial charge in [-0.2, -0.15) is 0 Å². The molecular formula is C20H30N4O3. The zero-order valence-corrected chi connectivity index (χ0v) is 16.1. The first-order valence-corrected chi connectivity index (χ1v) is 9.84. The van der Waals surface area contributed by atoms with Gasteiger partial charge in [-0.05, 0) is 50.6 Å². The van der Waals surface area contributed by atoms with Gasteiger partial charge in [0, 0.05) is 43.5 Å². The highest BCUT2D eigenvalue weighted by molar-refractivity contribution is 5.96. The standard InChI is InChI=1S/C20H30N4O3/c1-16-3-2-9-24(16)15-19(25)22-18-6-4-17(5-7-18)20(26)21-8-10-23-11-13-27-14-12-23/h4-7,16H,2-3,8-15H2,1H3,(H,21,26)(H,22,25)/t16-/m0/s1. The lowest BCUT2D eigenvalue weighted by molar-refractivity contribution is -0.117. The van der Waals surface area contributed by atoms with E-state index in [9.17, 15) is 9.59 Å². The SMILES string of the molecule is C[C@H]1CCCN1CC(=O)Nc1ccc(C(=O)NCCN2CCOCC2)cc1. The van der Waals surface area contributed by atoms with Crippen LogP contribution in [-0.4, -0.2) is 80.1 Å². The summed E-state index contributed by atoms with van der Waals surface area (Å²) in [6, 6.07) is 7.53. The van der Waals surface area contributed by atoms with Gasteiger partial charge in [0.05, 0.1) is 19.8 Å². The molecule has 1 aromatic rings. The van der Waals surface area contributed by atoms with Gasteiger partial charge in [-0.3, -0.25) is 19.4 Å². The molecule has 1 aromatic carbocycles. The number of benzene rings is 1. The Morgan fingerprint density at radius 2 is 1.89 bits per heavy atom. The summed E-state index contributed by atoms with van der Waals surface area (Å²) >= 11 is 0. The maximum Gasteiger partial charge on any atom is 0.251 e. The number of rotatable bonds is 7. The van der Waals surface area contributed by atoms with Crippen LogP contribution in [0, 0.1) is 0 Å². The quantitative estimate of drug-likeness (QED) is 0.750. The van der Waals surface area contributed by atoms with Gasteiger partial charge in [0.1, 0.15) is 0 Å². The van der Waals surface area contributed by atoms with E-state index in [0.717, 1.165) is 57.9 Å². The predicted octanol–water partition coefficient (Wildman–Crippen LogP) is 1.17. The van der Waals surface area contributed by atoms with Gasteiger partial charge in [-0.15, -0.1) is 0 Å². The smallest absolute Gasteiger partial charge is 0.251 e. The second-order valence-electron chi connectivity index (χ2n) is 7.30. The lowest BCUT2D eigenvalue weighted by atomic mass is 10.2. The van der Waals surface area contributed by atoms with Crippen LogP contribution >= 0.6 is 0 Å². The highest BCUT2D eigenvalue weighted by Gasteiger charge is 2.22. The van der Waals surface area contributed by atoms with Crippen LogP contribution in [0.2, 0.25) is 0 Å². The number of amides is 2. The van der Waals surface area contributed by atoms with Gasteiger partial charge >= 0.3 is 0 Å². The molecule has 27 heavy (non-hydrogen) atoms. The van der Waals surface area contributed by atoms with E-state index < -0.39 is 0 Å². The van der Waals surface area contributed by atoms with Crippen molar-refractivity contribution in [3.05, 3.63) is 29.8 Å². The van der Waals surface area contributed by atoms with Crippen molar-refractivity contribution in [3.8, 4) is 0 Å². The molecule has 0 spiro atoms. The number of carbonyl (C=O) groups excluding carboxylic acids is 2. The van der Waals surface area contributed by atoms with E-state index in [4.69, 9.17) is 4.74 Å². The van der Waals surface area contributed by atoms with Crippen molar-refractivity contribution in [1.82, 2.24) is 15.1 Å². The van der Waals surface area contributed by atoms with Crippen molar-refractivity contribution >= 4 is 17.5 Å². The molecule has 0 aliphatic carbocycles. The topological polar surface area (TPSA) is 73.9 Å². The number of anilines is 1. The van der Waals surface area contributed by atoms with Crippen molar-refractivity contribution in [2.24, 2.45) is 0 Å². The summed E-state index contributed by atoms with van der Waals surface area (Å²) in [6.07, 6.45) is 2.31. The Hall–Kier alpha value is -1.96. The van der Waals surface area contributed by atoms with Gasteiger partial charge in [0.15, 0.2) is 0 Å². The molecule has 2 aliphatic rings. The Bertz CT molecular complexity index is 629. The lowest BCUT2D eigenvalue weighted by Crippen LogP contribution is -2.41. The lowest BCUT2D eigenvalue weighted by Gasteiger charge is -2.26. The molecular weight excluding hydrogens is 344 g/mol. The summed E-state index contributed by atoms with van der Waals surface area (Å²) in [5, 5.41) is 5.86. The molecule has 7 nitrogen and oxygen atoms in total. The van der Waals surface area contributed by atoms with Crippen LogP contribution in [0.1, 0.15) is 30.1 Å². The van der Waals surface area contributed by atoms with Crippen LogP contribution in [0.5, 0.6) is 0 Å². The molecule has 0 aromatic heterocycles. The number of ether oxygens (including phenoxy) is 1. The Balaban J connectivity index is 1.40. The summed E-state index contributed by atoms with van der Waals surface area (Å²) in [5.41, 5.74) is 1.32. The predicted molar refractivity (Wildman–Crippen MR) is 105 cm³/mol. The Kier molecular flexibility index (Phi) is 7.20. The largest absolute Gasteiger partial charge is 0.379 e. The molecule has 0 saturated carbocycles. The van der Waals surface area contributed by atoms with Gasteiger partial charge in [-0.25, -0.2) is 0 Å². The fraction of sp³-hybridized carbons (Fsp3) is 0.600. The monoisotopic (exact) mass is 374 g/mol. The normalized spacial score (nSPS) is 21.1. The first-order valence-electron chi connectivity index (χ1n) is 9.84. The molecule has 0 bridgehead atoms. The summed E-state index contributed by atoms with van der Waals surface area (Å²) in [6.45, 7) is 8.37. The van der Waals surface area contributed by atoms with E-state index >= 15 is 0 Å². The molecule has 2 N–H and O–H groups in total. The molecule has 0 unspecified atom stereocenters. The average molecular weight is 374 g/mol. The second-order valence-corrected chi connectivity index (χ2v) is 7.30. The molecule has 2 saturated heterocycles. The molecule has 2 fully saturated rings. The highest BCUT2D eigenvalue weighted by atomic mass is 16.5. The zero-order chi connectivity index (χ0) is 19.1. The van der Waals surface area contributed by atoms with E-state index in [2.05, 4.69) is 27.4 Å². The summed E-state index contributed by atoms with van der Waals surface area (Å²) in [7, 11) is 0. The minimum absolute atomic E-state index is 0.00790. The van der Waals surface area contributed by atoms with Crippen molar-refractivity contribution in [3.63, 3.8) is 0 Å². The summed E-state index contributed by atoms with van der Waals surface area (Å²) in [5.74, 6) is -0.0986. The molecule has 148 valence electrons. The number of carbonyl (C=O) groups is 2. The Morgan fingerprint density at radius 3 is 2.56 bits per heavy atom. The minimum atomic E-state index is -0.0907. The van der Waals surface area contributed by atoms with E-state index in [0.29, 0.717) is 24.7 Å². The number of nitrogens with zero attached hydrogens (tertiary/aromatic N) is 2. The first kappa shape index (κ1) is 19.8. The molecule has 2 aliphatic heterocycles. The van der Waals surface area contributed by atoms with E-state index in [1.165, 1.54) is 0 Å². The maximum atomic E-state index is 12.2. The van der Waals surface area contributed by atoms with Crippen LogP contribution in [0.15, 0.2) is 24.3 Å². The highest BCUT2D eigenvalue weighted by Crippen LogP contribution is 2.16. The van der Waals surface area contributed by atoms with Crippen LogP contribution in [-0.2, 0) is 9.53 Å². The molecule has 7 heteroatoms. The van der Waals surface area contributed by atoms with Crippen molar-refractivity contribution < 1.29 is 14.3 Å². The van der Waals surface area contributed by atoms with Crippen molar-refractivity contribution in [2.75, 3.05) is 57.8 Å². The maximum absolute atomic E-state index is 12.2. The third-order valence-corrected chi connectivity index (χ3v) is 5.29. The minimum Gasteiger partial charge on any atom is -0.379 e. The Labute approximate surface area is 161 Å². The molecule has 3 rings (SSSR count). The van der Waals surface area contributed by atoms with Crippen molar-refractivity contribution in [1.29, 1.82) is 0 Å². The van der Waals surface area contributed by atoms with Gasteiger partial charge in [0.25, 0.3) is 5.91 Å². The molecule has 2 amide bonds. The molecule has 2 heterocycles. The molecule has 1 atom stereocenters. The van der Waals surface area contributed by atoms with Crippen molar-refractivity contribution in [2.45, 2.75) is 25.8 Å². The zero-order valence-electron chi connectivity index (χ0n) is 16.1. The summed E-state index contributed by atoms with van der Waals surface area (Å²) < 4.78 is 5.32. The van der Waals surface area contributed by atoms with Crippen LogP contribution in [0.4, 0.5) is 5.69 Å². The van der Waals surface area contributed by atoms with Gasteiger partial charge < -0.3 is 15.4 Å². The number of hydrogen-bond acceptors (Lipinski definition) is 5. The van der Waals surface area contributed by atoms with Crippen LogP contribution < -0.4 is 10.6 Å². The third kappa shape index (κ3) is 6.02. The number of nitrogens with one attached hydrogen (secondary N) is 2. The average Bonchev–Trinajstić information content (AvgIpc) is 3.07. The Morgan fingerprint density at radius 1 is 1.15 bits per heavy atom. The van der Waals surface area contributed by atoms with E-state index in [-0.39, 0.29) is 11.8 Å². The fourth-order valence-corrected chi connectivity index (χ4v) is 3.57.